The highest BCUT2D eigenvalue weighted by Crippen LogP contribution is 2.21. The predicted molar refractivity (Wildman–Crippen MR) is 93.6 cm³/mol. The van der Waals surface area contributed by atoms with Gasteiger partial charge in [-0.15, -0.1) is 0 Å². The van der Waals surface area contributed by atoms with Crippen molar-refractivity contribution in [3.8, 4) is 0 Å². The van der Waals surface area contributed by atoms with Crippen LogP contribution in [0.4, 0.5) is 11.4 Å². The van der Waals surface area contributed by atoms with Crippen molar-refractivity contribution in [2.45, 2.75) is 34.1 Å². The van der Waals surface area contributed by atoms with Crippen molar-refractivity contribution >= 4 is 17.3 Å². The molecule has 0 bridgehead atoms. The van der Waals surface area contributed by atoms with E-state index in [1.54, 1.807) is 0 Å². The number of aryl methyl sites for hydroxylation is 4. The molecule has 0 aliphatic rings. The molecule has 0 heterocycles. The van der Waals surface area contributed by atoms with Gasteiger partial charge in [0, 0.05) is 11.4 Å². The normalized spacial score (nSPS) is 10.4. The van der Waals surface area contributed by atoms with Crippen LogP contribution < -0.4 is 10.6 Å². The second-order valence-electron chi connectivity index (χ2n) is 5.66. The summed E-state index contributed by atoms with van der Waals surface area (Å²) in [5, 5.41) is 6.20. The molecule has 2 rings (SSSR count). The Kier molecular flexibility index (Phi) is 5.21. The molecule has 0 unspecified atom stereocenters. The maximum absolute atomic E-state index is 12.2. The molecular formula is C19H24N2O. The van der Waals surface area contributed by atoms with Gasteiger partial charge < -0.3 is 10.6 Å². The Morgan fingerprint density at radius 1 is 1.00 bits per heavy atom. The highest BCUT2D eigenvalue weighted by molar-refractivity contribution is 5.95. The Labute approximate surface area is 132 Å². The van der Waals surface area contributed by atoms with E-state index in [9.17, 15) is 4.79 Å². The van der Waals surface area contributed by atoms with Crippen LogP contribution in [0.2, 0.25) is 0 Å². The van der Waals surface area contributed by atoms with E-state index in [1.807, 2.05) is 25.1 Å². The third-order valence-electron chi connectivity index (χ3n) is 3.96. The van der Waals surface area contributed by atoms with E-state index in [-0.39, 0.29) is 12.5 Å². The molecule has 1 amide bonds. The maximum atomic E-state index is 12.2. The van der Waals surface area contributed by atoms with Crippen molar-refractivity contribution in [1.82, 2.24) is 0 Å². The van der Waals surface area contributed by atoms with Gasteiger partial charge in [0.15, 0.2) is 0 Å². The van der Waals surface area contributed by atoms with Gasteiger partial charge in [-0.2, -0.15) is 0 Å². The molecule has 0 fully saturated rings. The van der Waals surface area contributed by atoms with Crippen molar-refractivity contribution in [1.29, 1.82) is 0 Å². The van der Waals surface area contributed by atoms with Gasteiger partial charge in [0.1, 0.15) is 0 Å². The first-order valence-corrected chi connectivity index (χ1v) is 7.70. The summed E-state index contributed by atoms with van der Waals surface area (Å²) in [6.07, 6.45) is 0.905. The summed E-state index contributed by atoms with van der Waals surface area (Å²) < 4.78 is 0. The molecule has 0 aromatic heterocycles. The number of hydrogen-bond donors (Lipinski definition) is 2. The highest BCUT2D eigenvalue weighted by Gasteiger charge is 2.08. The molecule has 0 saturated carbocycles. The summed E-state index contributed by atoms with van der Waals surface area (Å²) in [6.45, 7) is 8.53. The number of benzene rings is 2. The van der Waals surface area contributed by atoms with E-state index in [0.717, 1.165) is 23.4 Å². The lowest BCUT2D eigenvalue weighted by molar-refractivity contribution is -0.114. The second kappa shape index (κ2) is 7.12. The molecule has 3 nitrogen and oxygen atoms in total. The molecule has 0 spiro atoms. The third-order valence-corrected chi connectivity index (χ3v) is 3.96. The second-order valence-corrected chi connectivity index (χ2v) is 5.66. The lowest BCUT2D eigenvalue weighted by Crippen LogP contribution is -2.23. The third kappa shape index (κ3) is 3.88. The van der Waals surface area contributed by atoms with Crippen LogP contribution in [0.25, 0.3) is 0 Å². The van der Waals surface area contributed by atoms with Crippen molar-refractivity contribution in [3.05, 3.63) is 58.7 Å². The van der Waals surface area contributed by atoms with Crippen LogP contribution in [0, 0.1) is 20.8 Å². The van der Waals surface area contributed by atoms with Gasteiger partial charge >= 0.3 is 0 Å². The Morgan fingerprint density at radius 3 is 2.45 bits per heavy atom. The van der Waals surface area contributed by atoms with E-state index in [0.29, 0.717) is 0 Å². The summed E-state index contributed by atoms with van der Waals surface area (Å²) in [4.78, 5) is 12.2. The summed E-state index contributed by atoms with van der Waals surface area (Å²) >= 11 is 0. The number of hydrogen-bond acceptors (Lipinski definition) is 2. The summed E-state index contributed by atoms with van der Waals surface area (Å²) in [6, 6.07) is 12.2. The van der Waals surface area contributed by atoms with Gasteiger partial charge in [-0.3, -0.25) is 4.79 Å². The van der Waals surface area contributed by atoms with Gasteiger partial charge in [0.25, 0.3) is 0 Å². The fraction of sp³-hybridized carbons (Fsp3) is 0.316. The minimum atomic E-state index is -0.0257. The van der Waals surface area contributed by atoms with Crippen LogP contribution >= 0.6 is 0 Å². The molecule has 0 atom stereocenters. The minimum Gasteiger partial charge on any atom is -0.376 e. The van der Waals surface area contributed by atoms with Gasteiger partial charge in [0.05, 0.1) is 6.54 Å². The fourth-order valence-corrected chi connectivity index (χ4v) is 2.42. The van der Waals surface area contributed by atoms with Crippen LogP contribution in [0.5, 0.6) is 0 Å². The number of nitrogens with one attached hydrogen (secondary N) is 2. The van der Waals surface area contributed by atoms with Crippen LogP contribution in [-0.4, -0.2) is 12.5 Å². The van der Waals surface area contributed by atoms with Crippen molar-refractivity contribution in [3.63, 3.8) is 0 Å². The monoisotopic (exact) mass is 296 g/mol. The van der Waals surface area contributed by atoms with E-state index >= 15 is 0 Å². The molecule has 116 valence electrons. The molecule has 3 heteroatoms. The van der Waals surface area contributed by atoms with Crippen LogP contribution in [0.15, 0.2) is 36.4 Å². The smallest absolute Gasteiger partial charge is 0.243 e. The first-order valence-electron chi connectivity index (χ1n) is 7.70. The Bertz CT molecular complexity index is 677. The average Bonchev–Trinajstić information content (AvgIpc) is 2.50. The standard InChI is InChI=1S/C19H24N2O/c1-5-16-8-6-7-14(3)19(16)21-18(22)12-20-17-10-9-13(2)15(4)11-17/h6-11,20H,5,12H2,1-4H3,(H,21,22). The topological polar surface area (TPSA) is 41.1 Å². The largest absolute Gasteiger partial charge is 0.376 e. The summed E-state index contributed by atoms with van der Waals surface area (Å²) in [7, 11) is 0. The molecule has 0 aliphatic carbocycles. The summed E-state index contributed by atoms with van der Waals surface area (Å²) in [5.74, 6) is -0.0257. The number of anilines is 2. The van der Waals surface area contributed by atoms with E-state index < -0.39 is 0 Å². The number of rotatable bonds is 5. The number of carbonyl (C=O) groups excluding carboxylic acids is 1. The quantitative estimate of drug-likeness (QED) is 0.867. The number of carbonyl (C=O) groups is 1. The fourth-order valence-electron chi connectivity index (χ4n) is 2.42. The average molecular weight is 296 g/mol. The zero-order valence-corrected chi connectivity index (χ0v) is 13.8. The van der Waals surface area contributed by atoms with Crippen molar-refractivity contribution < 1.29 is 4.79 Å². The Morgan fingerprint density at radius 2 is 1.77 bits per heavy atom. The van der Waals surface area contributed by atoms with E-state index in [4.69, 9.17) is 0 Å². The molecule has 22 heavy (non-hydrogen) atoms. The molecule has 0 radical (unpaired) electrons. The predicted octanol–water partition coefficient (Wildman–Crippen LogP) is 4.22. The number of para-hydroxylation sites is 1. The molecule has 2 aromatic rings. The van der Waals surface area contributed by atoms with E-state index in [2.05, 4.69) is 49.6 Å². The summed E-state index contributed by atoms with van der Waals surface area (Å²) in [5.41, 5.74) is 6.65. The first-order chi connectivity index (χ1) is 10.5. The van der Waals surface area contributed by atoms with Gasteiger partial charge in [-0.05, 0) is 61.6 Å². The van der Waals surface area contributed by atoms with Gasteiger partial charge in [-0.25, -0.2) is 0 Å². The van der Waals surface area contributed by atoms with Crippen molar-refractivity contribution in [2.24, 2.45) is 0 Å². The molecule has 0 saturated heterocycles. The molecule has 2 N–H and O–H groups in total. The number of amides is 1. The van der Waals surface area contributed by atoms with Gasteiger partial charge in [-0.1, -0.05) is 31.2 Å². The van der Waals surface area contributed by atoms with Crippen LogP contribution in [-0.2, 0) is 11.2 Å². The molecule has 2 aromatic carbocycles. The van der Waals surface area contributed by atoms with Crippen LogP contribution in [0.1, 0.15) is 29.2 Å². The van der Waals surface area contributed by atoms with Crippen LogP contribution in [0.3, 0.4) is 0 Å². The van der Waals surface area contributed by atoms with E-state index in [1.165, 1.54) is 16.7 Å². The van der Waals surface area contributed by atoms with Crippen molar-refractivity contribution in [2.75, 3.05) is 17.2 Å². The Hall–Kier alpha value is -2.29. The Balaban J connectivity index is 2.00. The van der Waals surface area contributed by atoms with Gasteiger partial charge in [0.2, 0.25) is 5.91 Å². The zero-order valence-electron chi connectivity index (χ0n) is 13.8. The molecule has 0 aliphatic heterocycles. The first kappa shape index (κ1) is 16.1. The molecular weight excluding hydrogens is 272 g/mol. The minimum absolute atomic E-state index is 0.0257. The lowest BCUT2D eigenvalue weighted by atomic mass is 10.1. The SMILES string of the molecule is CCc1cccc(C)c1NC(=O)CNc1ccc(C)c(C)c1. The zero-order chi connectivity index (χ0) is 16.1. The maximum Gasteiger partial charge on any atom is 0.243 e. The highest BCUT2D eigenvalue weighted by atomic mass is 16.1. The lowest BCUT2D eigenvalue weighted by Gasteiger charge is -2.14.